The fraction of sp³-hybridized carbons (Fsp3) is 1.00. The lowest BCUT2D eigenvalue weighted by Crippen LogP contribution is -2.43. The van der Waals surface area contributed by atoms with Crippen LogP contribution in [0.4, 0.5) is 0 Å². The SMILES string of the molecule is COCC(NN)C1CC2CC2C1. The summed E-state index contributed by atoms with van der Waals surface area (Å²) >= 11 is 0. The van der Waals surface area contributed by atoms with E-state index in [-0.39, 0.29) is 0 Å². The lowest BCUT2D eigenvalue weighted by molar-refractivity contribution is 0.137. The molecule has 0 aromatic carbocycles. The Morgan fingerprint density at radius 2 is 2.08 bits per heavy atom. The van der Waals surface area contributed by atoms with Gasteiger partial charge in [0, 0.05) is 13.2 Å². The number of ether oxygens (including phenoxy) is 1. The standard InChI is InChI=1S/C9H18N2O/c1-12-5-9(11-10)8-3-6-2-7(6)4-8/h6-9,11H,2-5,10H2,1H3. The third-order valence-corrected chi connectivity index (χ3v) is 3.41. The van der Waals surface area contributed by atoms with Crippen molar-refractivity contribution in [2.45, 2.75) is 25.3 Å². The first-order valence-electron chi connectivity index (χ1n) is 4.80. The van der Waals surface area contributed by atoms with Crippen molar-refractivity contribution in [3.05, 3.63) is 0 Å². The zero-order valence-electron chi connectivity index (χ0n) is 7.62. The molecule has 12 heavy (non-hydrogen) atoms. The number of hydrogen-bond donors (Lipinski definition) is 2. The normalized spacial score (nSPS) is 41.0. The van der Waals surface area contributed by atoms with Gasteiger partial charge in [-0.15, -0.1) is 0 Å². The fourth-order valence-corrected chi connectivity index (χ4v) is 2.59. The van der Waals surface area contributed by atoms with Gasteiger partial charge in [-0.3, -0.25) is 11.3 Å². The molecule has 70 valence electrons. The van der Waals surface area contributed by atoms with Crippen molar-refractivity contribution in [1.29, 1.82) is 0 Å². The number of nitrogens with two attached hydrogens (primary N) is 1. The molecule has 2 fully saturated rings. The topological polar surface area (TPSA) is 47.3 Å². The van der Waals surface area contributed by atoms with Crippen LogP contribution in [0.5, 0.6) is 0 Å². The Kier molecular flexibility index (Phi) is 2.35. The molecule has 3 unspecified atom stereocenters. The summed E-state index contributed by atoms with van der Waals surface area (Å²) in [6.45, 7) is 0.751. The zero-order chi connectivity index (χ0) is 8.55. The zero-order valence-corrected chi connectivity index (χ0v) is 7.62. The molecular formula is C9H18N2O. The van der Waals surface area contributed by atoms with E-state index in [1.54, 1.807) is 7.11 Å². The van der Waals surface area contributed by atoms with E-state index in [2.05, 4.69) is 5.43 Å². The third kappa shape index (κ3) is 1.49. The highest BCUT2D eigenvalue weighted by atomic mass is 16.5. The average Bonchev–Trinajstić information content (AvgIpc) is 2.70. The van der Waals surface area contributed by atoms with Crippen molar-refractivity contribution in [3.63, 3.8) is 0 Å². The number of fused-ring (bicyclic) bond motifs is 1. The molecule has 0 aromatic heterocycles. The summed E-state index contributed by atoms with van der Waals surface area (Å²) in [6.07, 6.45) is 4.20. The van der Waals surface area contributed by atoms with Gasteiger partial charge in [-0.05, 0) is 37.0 Å². The van der Waals surface area contributed by atoms with E-state index in [4.69, 9.17) is 10.6 Å². The smallest absolute Gasteiger partial charge is 0.0632 e. The Morgan fingerprint density at radius 1 is 1.42 bits per heavy atom. The summed E-state index contributed by atoms with van der Waals surface area (Å²) in [4.78, 5) is 0. The number of hydrazine groups is 1. The predicted octanol–water partition coefficient (Wildman–Crippen LogP) is 0.511. The van der Waals surface area contributed by atoms with Crippen molar-refractivity contribution in [3.8, 4) is 0 Å². The highest BCUT2D eigenvalue weighted by Gasteiger charge is 2.47. The molecule has 0 radical (unpaired) electrons. The molecule has 2 rings (SSSR count). The first kappa shape index (κ1) is 8.48. The second-order valence-corrected chi connectivity index (χ2v) is 4.22. The second-order valence-electron chi connectivity index (χ2n) is 4.22. The van der Waals surface area contributed by atoms with Crippen LogP contribution < -0.4 is 11.3 Å². The summed E-state index contributed by atoms with van der Waals surface area (Å²) < 4.78 is 5.11. The van der Waals surface area contributed by atoms with Crippen molar-refractivity contribution >= 4 is 0 Å². The van der Waals surface area contributed by atoms with Crippen LogP contribution in [0.2, 0.25) is 0 Å². The molecule has 3 heteroatoms. The second kappa shape index (κ2) is 3.32. The van der Waals surface area contributed by atoms with Crippen LogP contribution in [0.1, 0.15) is 19.3 Å². The summed E-state index contributed by atoms with van der Waals surface area (Å²) in [5, 5.41) is 0. The molecular weight excluding hydrogens is 152 g/mol. The van der Waals surface area contributed by atoms with Gasteiger partial charge in [-0.25, -0.2) is 0 Å². The fourth-order valence-electron chi connectivity index (χ4n) is 2.59. The minimum Gasteiger partial charge on any atom is -0.383 e. The Hall–Kier alpha value is -0.120. The number of methoxy groups -OCH3 is 1. The van der Waals surface area contributed by atoms with E-state index in [0.717, 1.165) is 24.4 Å². The van der Waals surface area contributed by atoms with Crippen LogP contribution in [0.3, 0.4) is 0 Å². The maximum absolute atomic E-state index is 5.47. The largest absolute Gasteiger partial charge is 0.383 e. The highest BCUT2D eigenvalue weighted by Crippen LogP contribution is 2.55. The van der Waals surface area contributed by atoms with Gasteiger partial charge in [-0.2, -0.15) is 0 Å². The van der Waals surface area contributed by atoms with Crippen molar-refractivity contribution < 1.29 is 4.74 Å². The Labute approximate surface area is 73.6 Å². The van der Waals surface area contributed by atoms with Gasteiger partial charge >= 0.3 is 0 Å². The number of rotatable bonds is 4. The minimum absolute atomic E-state index is 0.378. The van der Waals surface area contributed by atoms with E-state index in [0.29, 0.717) is 6.04 Å². The summed E-state index contributed by atoms with van der Waals surface area (Å²) in [5.74, 6) is 8.29. The van der Waals surface area contributed by atoms with E-state index in [9.17, 15) is 0 Å². The molecule has 0 bridgehead atoms. The van der Waals surface area contributed by atoms with Crippen LogP contribution in [0.15, 0.2) is 0 Å². The lowest BCUT2D eigenvalue weighted by Gasteiger charge is -2.22. The van der Waals surface area contributed by atoms with E-state index in [1.165, 1.54) is 19.3 Å². The van der Waals surface area contributed by atoms with Crippen LogP contribution in [-0.2, 0) is 4.74 Å². The maximum atomic E-state index is 5.47. The van der Waals surface area contributed by atoms with Crippen molar-refractivity contribution in [1.82, 2.24) is 5.43 Å². The first-order chi connectivity index (χ1) is 5.85. The summed E-state index contributed by atoms with van der Waals surface area (Å²) in [5.41, 5.74) is 2.86. The van der Waals surface area contributed by atoms with E-state index >= 15 is 0 Å². The van der Waals surface area contributed by atoms with Crippen LogP contribution in [0.25, 0.3) is 0 Å². The predicted molar refractivity (Wildman–Crippen MR) is 47.3 cm³/mol. The van der Waals surface area contributed by atoms with Crippen LogP contribution >= 0.6 is 0 Å². The highest BCUT2D eigenvalue weighted by molar-refractivity contribution is 4.98. The molecule has 2 aliphatic carbocycles. The quantitative estimate of drug-likeness (QED) is 0.477. The van der Waals surface area contributed by atoms with E-state index in [1.807, 2.05) is 0 Å². The lowest BCUT2D eigenvalue weighted by atomic mass is 9.95. The Balaban J connectivity index is 1.81. The molecule has 0 saturated heterocycles. The average molecular weight is 170 g/mol. The van der Waals surface area contributed by atoms with Crippen molar-refractivity contribution in [2.24, 2.45) is 23.6 Å². The molecule has 2 aliphatic rings. The maximum Gasteiger partial charge on any atom is 0.0632 e. The van der Waals surface area contributed by atoms with Gasteiger partial charge in [0.05, 0.1) is 6.61 Å². The third-order valence-electron chi connectivity index (χ3n) is 3.41. The molecule has 0 aromatic rings. The van der Waals surface area contributed by atoms with Gasteiger partial charge < -0.3 is 4.74 Å². The molecule has 3 nitrogen and oxygen atoms in total. The van der Waals surface area contributed by atoms with Crippen molar-refractivity contribution in [2.75, 3.05) is 13.7 Å². The van der Waals surface area contributed by atoms with Gasteiger partial charge in [-0.1, -0.05) is 0 Å². The minimum atomic E-state index is 0.378. The van der Waals surface area contributed by atoms with Gasteiger partial charge in [0.1, 0.15) is 0 Å². The Bertz CT molecular complexity index is 153. The molecule has 3 atom stereocenters. The monoisotopic (exact) mass is 170 g/mol. The first-order valence-corrected chi connectivity index (χ1v) is 4.80. The molecule has 0 amide bonds. The van der Waals surface area contributed by atoms with Gasteiger partial charge in [0.25, 0.3) is 0 Å². The molecule has 0 spiro atoms. The van der Waals surface area contributed by atoms with Crippen LogP contribution in [0, 0.1) is 17.8 Å². The molecule has 0 aliphatic heterocycles. The number of hydrogen-bond acceptors (Lipinski definition) is 3. The molecule has 0 heterocycles. The Morgan fingerprint density at radius 3 is 2.58 bits per heavy atom. The molecule has 2 saturated carbocycles. The number of nitrogens with one attached hydrogen (secondary N) is 1. The van der Waals surface area contributed by atoms with Crippen LogP contribution in [-0.4, -0.2) is 19.8 Å². The summed E-state index contributed by atoms with van der Waals surface area (Å²) in [7, 11) is 1.74. The van der Waals surface area contributed by atoms with Gasteiger partial charge in [0.15, 0.2) is 0 Å². The summed E-state index contributed by atoms with van der Waals surface area (Å²) in [6, 6.07) is 0.378. The molecule has 3 N–H and O–H groups in total. The van der Waals surface area contributed by atoms with E-state index < -0.39 is 0 Å². The van der Waals surface area contributed by atoms with Gasteiger partial charge in [0.2, 0.25) is 0 Å².